The van der Waals surface area contributed by atoms with Crippen molar-refractivity contribution in [1.29, 1.82) is 0 Å². The zero-order valence-corrected chi connectivity index (χ0v) is 8.84. The van der Waals surface area contributed by atoms with E-state index >= 15 is 0 Å². The SMILES string of the molecule is CNC(=O)CCCN(C)CC(C)N. The van der Waals surface area contributed by atoms with Crippen LogP contribution in [0.15, 0.2) is 0 Å². The lowest BCUT2D eigenvalue weighted by atomic mass is 10.2. The molecule has 0 aromatic carbocycles. The maximum absolute atomic E-state index is 10.9. The largest absolute Gasteiger partial charge is 0.359 e. The molecule has 13 heavy (non-hydrogen) atoms. The van der Waals surface area contributed by atoms with E-state index in [1.54, 1.807) is 7.05 Å². The van der Waals surface area contributed by atoms with Crippen molar-refractivity contribution in [3.8, 4) is 0 Å². The number of nitrogens with two attached hydrogens (primary N) is 1. The molecule has 78 valence electrons. The molecule has 0 heterocycles. The first-order chi connectivity index (χ1) is 6.06. The minimum Gasteiger partial charge on any atom is -0.359 e. The van der Waals surface area contributed by atoms with Gasteiger partial charge in [0.05, 0.1) is 0 Å². The van der Waals surface area contributed by atoms with Crippen LogP contribution in [0.25, 0.3) is 0 Å². The van der Waals surface area contributed by atoms with Gasteiger partial charge in [-0.05, 0) is 26.9 Å². The number of hydrogen-bond acceptors (Lipinski definition) is 3. The van der Waals surface area contributed by atoms with Crippen molar-refractivity contribution in [3.63, 3.8) is 0 Å². The predicted octanol–water partition coefficient (Wildman–Crippen LogP) is -0.208. The molecule has 0 bridgehead atoms. The average Bonchev–Trinajstić information content (AvgIpc) is 2.02. The van der Waals surface area contributed by atoms with E-state index in [2.05, 4.69) is 10.2 Å². The van der Waals surface area contributed by atoms with Crippen molar-refractivity contribution in [1.82, 2.24) is 10.2 Å². The van der Waals surface area contributed by atoms with Crippen LogP contribution in [0, 0.1) is 0 Å². The van der Waals surface area contributed by atoms with E-state index in [1.165, 1.54) is 0 Å². The lowest BCUT2D eigenvalue weighted by Gasteiger charge is -2.18. The fourth-order valence-electron chi connectivity index (χ4n) is 1.22. The number of amides is 1. The highest BCUT2D eigenvalue weighted by Gasteiger charge is 2.03. The Balaban J connectivity index is 3.36. The van der Waals surface area contributed by atoms with Crippen LogP contribution in [0.1, 0.15) is 19.8 Å². The van der Waals surface area contributed by atoms with Crippen molar-refractivity contribution in [2.24, 2.45) is 5.73 Å². The Morgan fingerprint density at radius 3 is 2.69 bits per heavy atom. The third kappa shape index (κ3) is 7.74. The van der Waals surface area contributed by atoms with Gasteiger partial charge >= 0.3 is 0 Å². The summed E-state index contributed by atoms with van der Waals surface area (Å²) < 4.78 is 0. The first-order valence-electron chi connectivity index (χ1n) is 4.71. The van der Waals surface area contributed by atoms with E-state index < -0.39 is 0 Å². The molecule has 0 saturated heterocycles. The van der Waals surface area contributed by atoms with Crippen molar-refractivity contribution >= 4 is 5.91 Å². The van der Waals surface area contributed by atoms with Crippen molar-refractivity contribution < 1.29 is 4.79 Å². The van der Waals surface area contributed by atoms with E-state index in [4.69, 9.17) is 5.73 Å². The Morgan fingerprint density at radius 1 is 1.62 bits per heavy atom. The van der Waals surface area contributed by atoms with Gasteiger partial charge in [0.1, 0.15) is 0 Å². The Hall–Kier alpha value is -0.610. The first-order valence-corrected chi connectivity index (χ1v) is 4.71. The standard InChI is InChI=1S/C9H21N3O/c1-8(10)7-12(3)6-4-5-9(13)11-2/h8H,4-7,10H2,1-3H3,(H,11,13). The summed E-state index contributed by atoms with van der Waals surface area (Å²) >= 11 is 0. The molecule has 0 spiro atoms. The zero-order chi connectivity index (χ0) is 10.3. The quantitative estimate of drug-likeness (QED) is 0.605. The van der Waals surface area contributed by atoms with Gasteiger partial charge in [0.15, 0.2) is 0 Å². The minimum atomic E-state index is 0.106. The molecule has 4 nitrogen and oxygen atoms in total. The third-order valence-electron chi connectivity index (χ3n) is 1.82. The molecule has 0 fully saturated rings. The molecule has 0 rings (SSSR count). The molecule has 1 unspecified atom stereocenters. The molecule has 0 aromatic heterocycles. The molecule has 1 amide bonds. The summed E-state index contributed by atoms with van der Waals surface area (Å²) in [5, 5.41) is 2.60. The summed E-state index contributed by atoms with van der Waals surface area (Å²) in [7, 11) is 3.68. The number of likely N-dealkylation sites (N-methyl/N-ethyl adjacent to an activating group) is 1. The van der Waals surface area contributed by atoms with Gasteiger partial charge in [-0.1, -0.05) is 0 Å². The van der Waals surface area contributed by atoms with Gasteiger partial charge in [-0.2, -0.15) is 0 Å². The summed E-state index contributed by atoms with van der Waals surface area (Å²) in [6, 6.07) is 0.199. The Bertz CT molecular complexity index is 148. The van der Waals surface area contributed by atoms with Gasteiger partial charge in [0.2, 0.25) is 5.91 Å². The van der Waals surface area contributed by atoms with Crippen LogP contribution in [0.4, 0.5) is 0 Å². The number of rotatable bonds is 6. The van der Waals surface area contributed by atoms with Crippen LogP contribution in [-0.2, 0) is 4.79 Å². The topological polar surface area (TPSA) is 58.4 Å². The second-order valence-corrected chi connectivity index (χ2v) is 3.52. The summed E-state index contributed by atoms with van der Waals surface area (Å²) in [6.07, 6.45) is 1.49. The molecule has 0 aliphatic heterocycles. The van der Waals surface area contributed by atoms with Gasteiger partial charge in [-0.25, -0.2) is 0 Å². The summed E-state index contributed by atoms with van der Waals surface area (Å²) in [6.45, 7) is 3.79. The third-order valence-corrected chi connectivity index (χ3v) is 1.82. The fraction of sp³-hybridized carbons (Fsp3) is 0.889. The van der Waals surface area contributed by atoms with Gasteiger partial charge in [0.25, 0.3) is 0 Å². The van der Waals surface area contributed by atoms with Crippen LogP contribution < -0.4 is 11.1 Å². The summed E-state index contributed by atoms with van der Waals surface area (Å²) in [4.78, 5) is 13.0. The average molecular weight is 187 g/mol. The summed E-state index contributed by atoms with van der Waals surface area (Å²) in [5.74, 6) is 0.106. The van der Waals surface area contributed by atoms with Crippen LogP contribution in [0.2, 0.25) is 0 Å². The highest BCUT2D eigenvalue weighted by molar-refractivity contribution is 5.75. The molecular formula is C9H21N3O. The monoisotopic (exact) mass is 187 g/mol. The Kier molecular flexibility index (Phi) is 6.54. The zero-order valence-electron chi connectivity index (χ0n) is 8.84. The van der Waals surface area contributed by atoms with Crippen LogP contribution in [0.5, 0.6) is 0 Å². The van der Waals surface area contributed by atoms with E-state index in [1.807, 2.05) is 14.0 Å². The highest BCUT2D eigenvalue weighted by Crippen LogP contribution is 1.93. The Labute approximate surface area is 80.5 Å². The molecule has 4 heteroatoms. The number of nitrogens with one attached hydrogen (secondary N) is 1. The van der Waals surface area contributed by atoms with Crippen LogP contribution >= 0.6 is 0 Å². The van der Waals surface area contributed by atoms with Crippen LogP contribution in [0.3, 0.4) is 0 Å². The number of hydrogen-bond donors (Lipinski definition) is 2. The smallest absolute Gasteiger partial charge is 0.219 e. The van der Waals surface area contributed by atoms with E-state index in [0.717, 1.165) is 19.5 Å². The second-order valence-electron chi connectivity index (χ2n) is 3.52. The second kappa shape index (κ2) is 6.86. The highest BCUT2D eigenvalue weighted by atomic mass is 16.1. The molecule has 0 aliphatic carbocycles. The van der Waals surface area contributed by atoms with Gasteiger partial charge in [-0.3, -0.25) is 4.79 Å². The Morgan fingerprint density at radius 2 is 2.23 bits per heavy atom. The maximum Gasteiger partial charge on any atom is 0.219 e. The van der Waals surface area contributed by atoms with Crippen molar-refractivity contribution in [3.05, 3.63) is 0 Å². The van der Waals surface area contributed by atoms with Crippen LogP contribution in [-0.4, -0.2) is 44.0 Å². The molecule has 0 aliphatic rings. The van der Waals surface area contributed by atoms with Crippen molar-refractivity contribution in [2.45, 2.75) is 25.8 Å². The van der Waals surface area contributed by atoms with E-state index in [9.17, 15) is 4.79 Å². The molecule has 0 aromatic rings. The summed E-state index contributed by atoms with van der Waals surface area (Å²) in [5.41, 5.74) is 5.63. The molecular weight excluding hydrogens is 166 g/mol. The lowest BCUT2D eigenvalue weighted by Crippen LogP contribution is -2.33. The first kappa shape index (κ1) is 12.4. The predicted molar refractivity (Wildman–Crippen MR) is 54.4 cm³/mol. The van der Waals surface area contributed by atoms with Gasteiger partial charge in [-0.15, -0.1) is 0 Å². The number of nitrogens with zero attached hydrogens (tertiary/aromatic N) is 1. The molecule has 1 atom stereocenters. The van der Waals surface area contributed by atoms with Crippen molar-refractivity contribution in [2.75, 3.05) is 27.2 Å². The van der Waals surface area contributed by atoms with E-state index in [-0.39, 0.29) is 11.9 Å². The van der Waals surface area contributed by atoms with E-state index in [0.29, 0.717) is 6.42 Å². The number of carbonyl (C=O) groups excluding carboxylic acids is 1. The molecule has 0 saturated carbocycles. The number of carbonyl (C=O) groups is 1. The molecule has 0 radical (unpaired) electrons. The lowest BCUT2D eigenvalue weighted by molar-refractivity contribution is -0.120. The van der Waals surface area contributed by atoms with Gasteiger partial charge in [0, 0.05) is 26.1 Å². The molecule has 3 N–H and O–H groups in total. The fourth-order valence-corrected chi connectivity index (χ4v) is 1.22. The normalized spacial score (nSPS) is 13.0. The maximum atomic E-state index is 10.9. The minimum absolute atomic E-state index is 0.106. The van der Waals surface area contributed by atoms with Gasteiger partial charge < -0.3 is 16.0 Å².